The molecule has 308 valence electrons. The molecule has 3 atom stereocenters. The zero-order chi connectivity index (χ0) is 38.8. The topological polar surface area (TPSA) is 119 Å². The molecule has 0 saturated carbocycles. The fraction of sp³-hybridized carbons (Fsp3) is 0.905. The minimum atomic E-state index is -4.66. The summed E-state index contributed by atoms with van der Waals surface area (Å²) in [7, 11) is 1.10. The average Bonchev–Trinajstić information content (AvgIpc) is 3.09. The van der Waals surface area contributed by atoms with Crippen molar-refractivity contribution >= 4 is 19.6 Å². The van der Waals surface area contributed by atoms with Crippen molar-refractivity contribution in [2.45, 2.75) is 206 Å². The Kier molecular flexibility index (Phi) is 33.7. The number of likely N-dealkylation sites (N-methyl/N-ethyl adjacent to an activating group) is 1. The number of nitrogens with zero attached hydrogens (tertiary/aromatic N) is 1. The van der Waals surface area contributed by atoms with E-state index >= 15 is 0 Å². The molecule has 0 aliphatic rings. The Balaban J connectivity index is 4.66. The van der Waals surface area contributed by atoms with Gasteiger partial charge in [0.15, 0.2) is 18.0 Å². The van der Waals surface area contributed by atoms with Gasteiger partial charge in [0.05, 0.1) is 27.7 Å². The Morgan fingerprint density at radius 1 is 0.635 bits per heavy atom. The van der Waals surface area contributed by atoms with Gasteiger partial charge in [-0.1, -0.05) is 154 Å². The smallest absolute Gasteiger partial charge is 0.457 e. The van der Waals surface area contributed by atoms with Gasteiger partial charge in [0.2, 0.25) is 0 Å². The van der Waals surface area contributed by atoms with E-state index in [1.54, 1.807) is 0 Å². The molecule has 0 fully saturated rings. The van der Waals surface area contributed by atoms with Gasteiger partial charge in [-0.15, -0.1) is 0 Å². The van der Waals surface area contributed by atoms with Gasteiger partial charge in [0.25, 0.3) is 0 Å². The largest absolute Gasteiger partial charge is 0.473 e. The molecule has 2 unspecified atom stereocenters. The van der Waals surface area contributed by atoms with Crippen LogP contribution in [0.1, 0.15) is 194 Å². The van der Waals surface area contributed by atoms with Gasteiger partial charge in [-0.3, -0.25) is 18.6 Å². The second kappa shape index (κ2) is 34.4. The SMILES string of the molecule is CCCCCCCC/C=C\CCCCCCCC(=O)O[C@@H](CO)C(OP(=O)(O)OCC[N+](C)(C)C)C(=O)CCCCCCCCCCCCCCC. The minimum Gasteiger partial charge on any atom is -0.457 e. The van der Waals surface area contributed by atoms with Crippen LogP contribution in [0.15, 0.2) is 12.2 Å². The van der Waals surface area contributed by atoms with Crippen LogP contribution in [0.3, 0.4) is 0 Å². The lowest BCUT2D eigenvalue weighted by molar-refractivity contribution is -0.870. The lowest BCUT2D eigenvalue weighted by Crippen LogP contribution is -2.42. The number of ether oxygens (including phenoxy) is 1. The zero-order valence-corrected chi connectivity index (χ0v) is 35.4. The molecule has 2 N–H and O–H groups in total. The summed E-state index contributed by atoms with van der Waals surface area (Å²) < 4.78 is 29.4. The molecule has 52 heavy (non-hydrogen) atoms. The van der Waals surface area contributed by atoms with Crippen molar-refractivity contribution in [3.8, 4) is 0 Å². The lowest BCUT2D eigenvalue weighted by Gasteiger charge is -2.27. The maximum absolute atomic E-state index is 13.3. The number of Topliss-reactive ketones (excluding diaryl/α,β-unsaturated/α-hetero) is 1. The fourth-order valence-electron chi connectivity index (χ4n) is 6.16. The highest BCUT2D eigenvalue weighted by atomic mass is 31.2. The van der Waals surface area contributed by atoms with E-state index in [9.17, 15) is 24.2 Å². The van der Waals surface area contributed by atoms with Crippen LogP contribution >= 0.6 is 7.82 Å². The Labute approximate surface area is 320 Å². The molecule has 0 heterocycles. The predicted octanol–water partition coefficient (Wildman–Crippen LogP) is 11.2. The standard InChI is InChI=1S/C42H82NO8P/c1-6-8-10-12-14-16-18-20-21-23-25-27-29-31-33-35-41(46)50-40(38-44)42(51-52(47,48)49-37-36-43(3,4)5)39(45)34-32-30-28-26-24-22-19-17-15-13-11-9-7-2/h20-21,40,42,44H,6-19,22-38H2,1-5H3/p+1/b21-20-/t40-,42?/m0/s1. The molecular formula is C42H83NO8P+. The summed E-state index contributed by atoms with van der Waals surface area (Å²) in [4.78, 5) is 36.5. The van der Waals surface area contributed by atoms with Crippen LogP contribution in [0.25, 0.3) is 0 Å². The van der Waals surface area contributed by atoms with E-state index in [0.29, 0.717) is 23.9 Å². The van der Waals surface area contributed by atoms with E-state index in [4.69, 9.17) is 13.8 Å². The highest BCUT2D eigenvalue weighted by Gasteiger charge is 2.38. The molecular weight excluding hydrogens is 677 g/mol. The first-order chi connectivity index (χ1) is 25.0. The average molecular weight is 761 g/mol. The first-order valence-electron chi connectivity index (χ1n) is 21.4. The fourth-order valence-corrected chi connectivity index (χ4v) is 7.07. The van der Waals surface area contributed by atoms with Gasteiger partial charge in [-0.05, 0) is 38.5 Å². The molecule has 0 saturated heterocycles. The molecule has 10 heteroatoms. The van der Waals surface area contributed by atoms with E-state index in [1.807, 2.05) is 21.1 Å². The van der Waals surface area contributed by atoms with Gasteiger partial charge < -0.3 is 19.2 Å². The Bertz CT molecular complexity index is 922. The number of rotatable bonds is 39. The number of hydrogen-bond donors (Lipinski definition) is 2. The van der Waals surface area contributed by atoms with E-state index < -0.39 is 38.4 Å². The summed E-state index contributed by atoms with van der Waals surface area (Å²) in [6, 6.07) is 0. The summed E-state index contributed by atoms with van der Waals surface area (Å²) in [5.74, 6) is -1.03. The molecule has 9 nitrogen and oxygen atoms in total. The van der Waals surface area contributed by atoms with Crippen LogP contribution in [-0.4, -0.2) is 79.3 Å². The van der Waals surface area contributed by atoms with Gasteiger partial charge in [-0.25, -0.2) is 4.57 Å². The number of hydrogen-bond acceptors (Lipinski definition) is 7. The van der Waals surface area contributed by atoms with Gasteiger partial charge in [0.1, 0.15) is 13.2 Å². The van der Waals surface area contributed by atoms with Gasteiger partial charge in [0, 0.05) is 12.8 Å². The number of aliphatic hydroxyl groups is 1. The predicted molar refractivity (Wildman–Crippen MR) is 215 cm³/mol. The molecule has 0 aliphatic carbocycles. The quantitative estimate of drug-likeness (QED) is 0.0209. The third-order valence-electron chi connectivity index (χ3n) is 9.55. The number of carbonyl (C=O) groups excluding carboxylic acids is 2. The first-order valence-corrected chi connectivity index (χ1v) is 22.9. The number of aliphatic hydroxyl groups excluding tert-OH is 1. The Morgan fingerprint density at radius 2 is 1.04 bits per heavy atom. The van der Waals surface area contributed by atoms with Crippen LogP contribution in [0, 0.1) is 0 Å². The number of allylic oxidation sites excluding steroid dienone is 2. The molecule has 0 spiro atoms. The molecule has 0 aromatic heterocycles. The van der Waals surface area contributed by atoms with Crippen molar-refractivity contribution in [3.05, 3.63) is 12.2 Å². The maximum atomic E-state index is 13.3. The highest BCUT2D eigenvalue weighted by molar-refractivity contribution is 7.47. The number of unbranched alkanes of at least 4 members (excludes halogenated alkanes) is 23. The molecule has 0 aromatic carbocycles. The summed E-state index contributed by atoms with van der Waals surface area (Å²) in [5, 5.41) is 10.1. The van der Waals surface area contributed by atoms with Crippen molar-refractivity contribution in [2.24, 2.45) is 0 Å². The third-order valence-corrected chi connectivity index (χ3v) is 10.6. The van der Waals surface area contributed by atoms with Crippen LogP contribution in [-0.2, 0) is 27.9 Å². The van der Waals surface area contributed by atoms with E-state index in [0.717, 1.165) is 51.4 Å². The number of phosphoric acid groups is 1. The van der Waals surface area contributed by atoms with Crippen molar-refractivity contribution in [1.29, 1.82) is 0 Å². The van der Waals surface area contributed by atoms with Gasteiger partial charge in [-0.2, -0.15) is 0 Å². The second-order valence-electron chi connectivity index (χ2n) is 15.8. The van der Waals surface area contributed by atoms with Crippen molar-refractivity contribution < 1.29 is 42.4 Å². The van der Waals surface area contributed by atoms with Gasteiger partial charge >= 0.3 is 13.8 Å². The third kappa shape index (κ3) is 33.5. The molecule has 0 radical (unpaired) electrons. The second-order valence-corrected chi connectivity index (χ2v) is 17.3. The van der Waals surface area contributed by atoms with Crippen LogP contribution < -0.4 is 0 Å². The van der Waals surface area contributed by atoms with Crippen molar-refractivity contribution in [1.82, 2.24) is 0 Å². The van der Waals surface area contributed by atoms with E-state index in [1.165, 1.54) is 103 Å². The molecule has 0 bridgehead atoms. The van der Waals surface area contributed by atoms with Crippen LogP contribution in [0.4, 0.5) is 0 Å². The molecule has 0 aromatic rings. The van der Waals surface area contributed by atoms with Crippen molar-refractivity contribution in [3.63, 3.8) is 0 Å². The van der Waals surface area contributed by atoms with Crippen LogP contribution in [0.2, 0.25) is 0 Å². The number of ketones is 1. The Hall–Kier alpha value is -1.09. The number of carbonyl (C=O) groups is 2. The summed E-state index contributed by atoms with van der Waals surface area (Å²) in [6.45, 7) is 4.17. The molecule has 0 rings (SSSR count). The molecule has 0 amide bonds. The monoisotopic (exact) mass is 761 g/mol. The number of quaternary nitrogens is 1. The molecule has 0 aliphatic heterocycles. The number of esters is 1. The van der Waals surface area contributed by atoms with E-state index in [2.05, 4.69) is 26.0 Å². The summed E-state index contributed by atoms with van der Waals surface area (Å²) in [6.07, 6.45) is 32.0. The van der Waals surface area contributed by atoms with Crippen molar-refractivity contribution in [2.75, 3.05) is 40.9 Å². The lowest BCUT2D eigenvalue weighted by atomic mass is 10.0. The summed E-state index contributed by atoms with van der Waals surface area (Å²) >= 11 is 0. The first kappa shape index (κ1) is 50.9. The summed E-state index contributed by atoms with van der Waals surface area (Å²) in [5.41, 5.74) is 0. The minimum absolute atomic E-state index is 0.0594. The normalized spacial score (nSPS) is 14.4. The zero-order valence-electron chi connectivity index (χ0n) is 34.5. The number of phosphoric ester groups is 1. The highest BCUT2D eigenvalue weighted by Crippen LogP contribution is 2.45. The van der Waals surface area contributed by atoms with E-state index in [-0.39, 0.29) is 19.4 Å². The Morgan fingerprint density at radius 3 is 1.46 bits per heavy atom. The van der Waals surface area contributed by atoms with Crippen LogP contribution in [0.5, 0.6) is 0 Å². The maximum Gasteiger partial charge on any atom is 0.473 e.